The number of likely N-dealkylation sites (tertiary alicyclic amines) is 1. The molecular weight excluding hydrogens is 600 g/mol. The maximum atomic E-state index is 6.09. The molecule has 6 rings (SSSR count). The number of nitrogens with zero attached hydrogens (tertiary/aromatic N) is 5. The number of ether oxygens (including phenoxy) is 2. The Morgan fingerprint density at radius 2 is 1.21 bits per heavy atom. The molecule has 2 aliphatic rings. The maximum Gasteiger partial charge on any atom is 0.222 e. The number of aromatic nitrogens is 4. The molecule has 0 saturated carbocycles. The summed E-state index contributed by atoms with van der Waals surface area (Å²) in [6, 6.07) is 17.4. The third-order valence-electron chi connectivity index (χ3n) is 8.73. The van der Waals surface area contributed by atoms with Crippen molar-refractivity contribution < 1.29 is 9.47 Å². The predicted molar refractivity (Wildman–Crippen MR) is 193 cm³/mol. The zero-order chi connectivity index (χ0) is 33.4. The Morgan fingerprint density at radius 1 is 0.667 bits per heavy atom. The Morgan fingerprint density at radius 3 is 1.75 bits per heavy atom. The van der Waals surface area contributed by atoms with E-state index in [1.165, 1.54) is 11.1 Å². The smallest absolute Gasteiger partial charge is 0.222 e. The van der Waals surface area contributed by atoms with E-state index in [9.17, 15) is 0 Å². The van der Waals surface area contributed by atoms with Crippen molar-refractivity contribution in [3.63, 3.8) is 0 Å². The van der Waals surface area contributed by atoms with Gasteiger partial charge in [-0.3, -0.25) is 4.90 Å². The van der Waals surface area contributed by atoms with E-state index in [0.29, 0.717) is 25.3 Å². The largest absolute Gasteiger partial charge is 0.494 e. The van der Waals surface area contributed by atoms with Crippen molar-refractivity contribution >= 4 is 11.9 Å². The molecular formula is C38H52N8O2. The van der Waals surface area contributed by atoms with Crippen LogP contribution in [0.5, 0.6) is 11.5 Å². The Hall–Kier alpha value is -4.28. The summed E-state index contributed by atoms with van der Waals surface area (Å²) < 4.78 is 11.9. The number of rotatable bonds is 13. The van der Waals surface area contributed by atoms with E-state index in [1.807, 2.05) is 56.0 Å². The quantitative estimate of drug-likeness (QED) is 0.152. The van der Waals surface area contributed by atoms with Crippen LogP contribution in [0.25, 0.3) is 0 Å². The van der Waals surface area contributed by atoms with Crippen LogP contribution in [0, 0.1) is 0 Å². The fourth-order valence-electron chi connectivity index (χ4n) is 5.84. The molecule has 0 radical (unpaired) electrons. The monoisotopic (exact) mass is 652 g/mol. The van der Waals surface area contributed by atoms with Gasteiger partial charge in [0.1, 0.15) is 18.1 Å². The zero-order valence-corrected chi connectivity index (χ0v) is 28.8. The number of benzene rings is 2. The summed E-state index contributed by atoms with van der Waals surface area (Å²) in [5, 5.41) is 10.2. The lowest BCUT2D eigenvalue weighted by Crippen LogP contribution is -2.39. The first kappa shape index (κ1) is 35.0. The zero-order valence-electron chi connectivity index (χ0n) is 28.8. The molecule has 0 bridgehead atoms. The van der Waals surface area contributed by atoms with Crippen LogP contribution in [-0.4, -0.2) is 69.7 Å². The summed E-state index contributed by atoms with van der Waals surface area (Å²) in [5.41, 5.74) is 4.72. The predicted octanol–water partition coefficient (Wildman–Crippen LogP) is 6.30. The van der Waals surface area contributed by atoms with E-state index in [0.717, 1.165) is 106 Å². The first-order valence-corrected chi connectivity index (χ1v) is 17.6. The van der Waals surface area contributed by atoms with E-state index >= 15 is 0 Å². The SMILES string of the molecule is CCOc1cc(CN2CCC(Nc3ncc(CC)cn3)CC2)cc(OCc2ccccc2)c1.CCc1cnc(NC2CCNCC2)nc1. The van der Waals surface area contributed by atoms with Crippen LogP contribution in [0.3, 0.4) is 0 Å². The van der Waals surface area contributed by atoms with Crippen LogP contribution in [0.2, 0.25) is 0 Å². The second-order valence-corrected chi connectivity index (χ2v) is 12.4. The molecule has 2 aromatic carbocycles. The molecule has 10 heteroatoms. The van der Waals surface area contributed by atoms with Crippen molar-refractivity contribution in [1.82, 2.24) is 30.2 Å². The summed E-state index contributed by atoms with van der Waals surface area (Å²) in [6.45, 7) is 12.5. The van der Waals surface area contributed by atoms with Gasteiger partial charge in [-0.25, -0.2) is 19.9 Å². The minimum Gasteiger partial charge on any atom is -0.494 e. The van der Waals surface area contributed by atoms with Crippen molar-refractivity contribution in [3.8, 4) is 11.5 Å². The highest BCUT2D eigenvalue weighted by Crippen LogP contribution is 2.26. The first-order valence-electron chi connectivity index (χ1n) is 17.6. The maximum absolute atomic E-state index is 6.09. The normalized spacial score (nSPS) is 15.6. The van der Waals surface area contributed by atoms with Crippen molar-refractivity contribution in [2.75, 3.05) is 43.4 Å². The molecule has 0 amide bonds. The minimum atomic E-state index is 0.410. The fraction of sp³-hybridized carbons (Fsp3) is 0.474. The molecule has 0 atom stereocenters. The first-order chi connectivity index (χ1) is 23.6. The summed E-state index contributed by atoms with van der Waals surface area (Å²) in [7, 11) is 0. The number of nitrogens with one attached hydrogen (secondary N) is 3. The number of aryl methyl sites for hydroxylation is 2. The Kier molecular flexibility index (Phi) is 13.8. The van der Waals surface area contributed by atoms with E-state index in [2.05, 4.69) is 78.9 Å². The molecule has 2 aliphatic heterocycles. The molecule has 2 fully saturated rings. The van der Waals surface area contributed by atoms with Crippen LogP contribution in [0.15, 0.2) is 73.3 Å². The highest BCUT2D eigenvalue weighted by atomic mass is 16.5. The number of anilines is 2. The second kappa shape index (κ2) is 18.9. The Bertz CT molecular complexity index is 1470. The highest BCUT2D eigenvalue weighted by molar-refractivity contribution is 5.39. The van der Waals surface area contributed by atoms with Gasteiger partial charge in [0, 0.05) is 62.6 Å². The molecule has 48 heavy (non-hydrogen) atoms. The molecule has 0 spiro atoms. The van der Waals surface area contributed by atoms with Gasteiger partial charge in [0.2, 0.25) is 11.9 Å². The summed E-state index contributed by atoms with van der Waals surface area (Å²) in [6.07, 6.45) is 14.0. The van der Waals surface area contributed by atoms with Gasteiger partial charge in [0.05, 0.1) is 6.61 Å². The van der Waals surface area contributed by atoms with Crippen LogP contribution in [0.4, 0.5) is 11.9 Å². The average molecular weight is 653 g/mol. The Labute approximate surface area is 286 Å². The number of hydrogen-bond acceptors (Lipinski definition) is 10. The van der Waals surface area contributed by atoms with Gasteiger partial charge in [-0.1, -0.05) is 44.2 Å². The standard InChI is InChI=1S/C27H34N4O2.C11H18N4/c1-3-21-17-28-27(29-18-21)30-24-10-12-31(13-11-24)19-23-14-25(32-4-2)16-26(15-23)33-20-22-8-6-5-7-9-22;1-2-9-7-13-11(14-8-9)15-10-3-5-12-6-4-10/h5-9,14-18,24H,3-4,10-13,19-20H2,1-2H3,(H,28,29,30);7-8,10,12H,2-6H2,1H3,(H,13,14,15). The molecule has 3 N–H and O–H groups in total. The fourth-order valence-corrected chi connectivity index (χ4v) is 5.84. The Balaban J connectivity index is 0.000000250. The molecule has 10 nitrogen and oxygen atoms in total. The van der Waals surface area contributed by atoms with Gasteiger partial charge in [0.25, 0.3) is 0 Å². The number of piperidine rings is 2. The van der Waals surface area contributed by atoms with Gasteiger partial charge in [-0.2, -0.15) is 0 Å². The lowest BCUT2D eigenvalue weighted by atomic mass is 10.0. The molecule has 256 valence electrons. The average Bonchev–Trinajstić information content (AvgIpc) is 3.13. The van der Waals surface area contributed by atoms with Crippen LogP contribution >= 0.6 is 0 Å². The van der Waals surface area contributed by atoms with Gasteiger partial charge >= 0.3 is 0 Å². The van der Waals surface area contributed by atoms with Crippen molar-refractivity contribution in [2.24, 2.45) is 0 Å². The number of hydrogen-bond donors (Lipinski definition) is 3. The van der Waals surface area contributed by atoms with E-state index in [-0.39, 0.29) is 0 Å². The molecule has 4 aromatic rings. The lowest BCUT2D eigenvalue weighted by molar-refractivity contribution is 0.210. The second-order valence-electron chi connectivity index (χ2n) is 12.4. The summed E-state index contributed by atoms with van der Waals surface area (Å²) >= 11 is 0. The molecule has 0 aliphatic carbocycles. The van der Waals surface area contributed by atoms with Gasteiger partial charge in [-0.05, 0) is 92.9 Å². The van der Waals surface area contributed by atoms with E-state index in [4.69, 9.17) is 9.47 Å². The third-order valence-corrected chi connectivity index (χ3v) is 8.73. The van der Waals surface area contributed by atoms with Gasteiger partial charge in [0.15, 0.2) is 0 Å². The highest BCUT2D eigenvalue weighted by Gasteiger charge is 2.20. The van der Waals surface area contributed by atoms with Crippen molar-refractivity contribution in [1.29, 1.82) is 0 Å². The van der Waals surface area contributed by atoms with Gasteiger partial charge < -0.3 is 25.4 Å². The van der Waals surface area contributed by atoms with E-state index in [1.54, 1.807) is 0 Å². The van der Waals surface area contributed by atoms with Crippen molar-refractivity contribution in [2.45, 2.75) is 84.5 Å². The minimum absolute atomic E-state index is 0.410. The molecule has 4 heterocycles. The van der Waals surface area contributed by atoms with E-state index < -0.39 is 0 Å². The van der Waals surface area contributed by atoms with Crippen LogP contribution < -0.4 is 25.4 Å². The topological polar surface area (TPSA) is 109 Å². The van der Waals surface area contributed by atoms with Crippen LogP contribution in [0.1, 0.15) is 68.7 Å². The molecule has 2 aromatic heterocycles. The summed E-state index contributed by atoms with van der Waals surface area (Å²) in [4.78, 5) is 20.0. The summed E-state index contributed by atoms with van der Waals surface area (Å²) in [5.74, 6) is 3.21. The van der Waals surface area contributed by atoms with Gasteiger partial charge in [-0.15, -0.1) is 0 Å². The van der Waals surface area contributed by atoms with Crippen LogP contribution in [-0.2, 0) is 26.0 Å². The molecule has 2 saturated heterocycles. The van der Waals surface area contributed by atoms with Crippen molar-refractivity contribution in [3.05, 3.63) is 95.6 Å². The third kappa shape index (κ3) is 11.5. The lowest BCUT2D eigenvalue weighted by Gasteiger charge is -2.32. The molecule has 0 unspecified atom stereocenters.